The smallest absolute Gasteiger partial charge is 0.184 e. The molecule has 0 bridgehead atoms. The third-order valence-corrected chi connectivity index (χ3v) is 6.01. The molecule has 0 amide bonds. The SMILES string of the molecule is CNC1CCCc2sc(-c3cc(Br)c(Br)o3)nc21. The van der Waals surface area contributed by atoms with Crippen molar-refractivity contribution in [2.24, 2.45) is 0 Å². The van der Waals surface area contributed by atoms with Gasteiger partial charge in [-0.25, -0.2) is 4.98 Å². The zero-order valence-corrected chi connectivity index (χ0v) is 13.8. The van der Waals surface area contributed by atoms with Crippen LogP contribution in [0.1, 0.15) is 29.5 Å². The van der Waals surface area contributed by atoms with Gasteiger partial charge in [-0.3, -0.25) is 0 Å². The van der Waals surface area contributed by atoms with Crippen molar-refractivity contribution in [3.8, 4) is 10.8 Å². The fraction of sp³-hybridized carbons (Fsp3) is 0.417. The third-order valence-electron chi connectivity index (χ3n) is 3.16. The molecular formula is C12H12Br2N2OS. The number of aryl methyl sites for hydroxylation is 1. The van der Waals surface area contributed by atoms with E-state index in [-0.39, 0.29) is 0 Å². The molecule has 1 unspecified atom stereocenters. The lowest BCUT2D eigenvalue weighted by Crippen LogP contribution is -2.21. The minimum Gasteiger partial charge on any atom is -0.446 e. The Hall–Kier alpha value is -0.170. The Balaban J connectivity index is 2.02. The maximum Gasteiger partial charge on any atom is 0.184 e. The summed E-state index contributed by atoms with van der Waals surface area (Å²) in [7, 11) is 2.00. The number of hydrogen-bond acceptors (Lipinski definition) is 4. The number of rotatable bonds is 2. The molecule has 1 aliphatic rings. The molecule has 96 valence electrons. The number of nitrogens with zero attached hydrogens (tertiary/aromatic N) is 1. The minimum atomic E-state index is 0.389. The molecule has 0 saturated heterocycles. The first-order valence-corrected chi connectivity index (χ1v) is 8.21. The summed E-state index contributed by atoms with van der Waals surface area (Å²) in [6.07, 6.45) is 3.53. The maximum atomic E-state index is 5.64. The molecule has 3 rings (SSSR count). The minimum absolute atomic E-state index is 0.389. The van der Waals surface area contributed by atoms with Crippen molar-refractivity contribution in [3.63, 3.8) is 0 Å². The highest BCUT2D eigenvalue weighted by Crippen LogP contribution is 2.39. The van der Waals surface area contributed by atoms with E-state index in [9.17, 15) is 0 Å². The lowest BCUT2D eigenvalue weighted by atomic mass is 9.98. The molecule has 0 aliphatic heterocycles. The molecule has 2 aromatic heterocycles. The second-order valence-corrected chi connectivity index (χ2v) is 6.95. The molecule has 1 atom stereocenters. The average Bonchev–Trinajstić information content (AvgIpc) is 2.93. The molecule has 0 saturated carbocycles. The molecule has 6 heteroatoms. The van der Waals surface area contributed by atoms with E-state index in [0.717, 1.165) is 32.8 Å². The number of thiazole rings is 1. The Morgan fingerprint density at radius 2 is 2.33 bits per heavy atom. The van der Waals surface area contributed by atoms with Gasteiger partial charge < -0.3 is 9.73 Å². The number of nitrogens with one attached hydrogen (secondary N) is 1. The summed E-state index contributed by atoms with van der Waals surface area (Å²) in [6, 6.07) is 2.35. The van der Waals surface area contributed by atoms with E-state index in [2.05, 4.69) is 37.2 Å². The van der Waals surface area contributed by atoms with Crippen LogP contribution in [0.5, 0.6) is 0 Å². The molecule has 0 spiro atoms. The summed E-state index contributed by atoms with van der Waals surface area (Å²) in [6.45, 7) is 0. The third kappa shape index (κ3) is 2.19. The average molecular weight is 392 g/mol. The van der Waals surface area contributed by atoms with E-state index >= 15 is 0 Å². The largest absolute Gasteiger partial charge is 0.446 e. The molecule has 2 heterocycles. The standard InChI is InChI=1S/C12H12Br2N2OS/c1-15-7-3-2-4-9-10(7)16-12(18-9)8-5-6(13)11(14)17-8/h5,7,15H,2-4H2,1H3. The first-order valence-electron chi connectivity index (χ1n) is 5.81. The van der Waals surface area contributed by atoms with Crippen LogP contribution in [0.15, 0.2) is 19.6 Å². The van der Waals surface area contributed by atoms with Gasteiger partial charge in [-0.2, -0.15) is 0 Å². The highest BCUT2D eigenvalue weighted by molar-refractivity contribution is 9.13. The van der Waals surface area contributed by atoms with Crippen molar-refractivity contribution < 1.29 is 4.42 Å². The van der Waals surface area contributed by atoms with Crippen LogP contribution < -0.4 is 5.32 Å². The quantitative estimate of drug-likeness (QED) is 0.817. The van der Waals surface area contributed by atoms with Crippen molar-refractivity contribution >= 4 is 43.2 Å². The Bertz CT molecular complexity index is 559. The van der Waals surface area contributed by atoms with E-state index in [1.165, 1.54) is 17.0 Å². The Labute approximate surface area is 126 Å². The highest BCUT2D eigenvalue weighted by Gasteiger charge is 2.25. The van der Waals surface area contributed by atoms with Gasteiger partial charge >= 0.3 is 0 Å². The molecule has 2 aromatic rings. The van der Waals surface area contributed by atoms with Gasteiger partial charge in [0.25, 0.3) is 0 Å². The topological polar surface area (TPSA) is 38.1 Å². The van der Waals surface area contributed by atoms with E-state index < -0.39 is 0 Å². The lowest BCUT2D eigenvalue weighted by molar-refractivity contribution is 0.489. The highest BCUT2D eigenvalue weighted by atomic mass is 79.9. The molecule has 1 N–H and O–H groups in total. The van der Waals surface area contributed by atoms with Crippen LogP contribution in [0, 0.1) is 0 Å². The molecule has 1 aliphatic carbocycles. The van der Waals surface area contributed by atoms with Crippen molar-refractivity contribution in [2.45, 2.75) is 25.3 Å². The molecular weight excluding hydrogens is 380 g/mol. The molecule has 3 nitrogen and oxygen atoms in total. The fourth-order valence-corrected chi connectivity index (χ4v) is 3.95. The molecule has 0 aromatic carbocycles. The van der Waals surface area contributed by atoms with Crippen LogP contribution in [-0.4, -0.2) is 12.0 Å². The Morgan fingerprint density at radius 3 is 3.00 bits per heavy atom. The predicted octanol–water partition coefficient (Wildman–Crippen LogP) is 4.52. The van der Waals surface area contributed by atoms with Crippen molar-refractivity contribution in [1.82, 2.24) is 10.3 Å². The van der Waals surface area contributed by atoms with Gasteiger partial charge in [0.05, 0.1) is 16.2 Å². The van der Waals surface area contributed by atoms with Crippen LogP contribution in [0.25, 0.3) is 10.8 Å². The van der Waals surface area contributed by atoms with E-state index in [1.807, 2.05) is 13.1 Å². The van der Waals surface area contributed by atoms with Crippen LogP contribution in [0.3, 0.4) is 0 Å². The van der Waals surface area contributed by atoms with Crippen molar-refractivity contribution in [2.75, 3.05) is 7.05 Å². The van der Waals surface area contributed by atoms with Gasteiger partial charge in [0.2, 0.25) is 0 Å². The number of fused-ring (bicyclic) bond motifs is 1. The van der Waals surface area contributed by atoms with Gasteiger partial charge in [-0.1, -0.05) is 0 Å². The summed E-state index contributed by atoms with van der Waals surface area (Å²) in [5.74, 6) is 0.822. The zero-order chi connectivity index (χ0) is 12.7. The van der Waals surface area contributed by atoms with E-state index in [4.69, 9.17) is 9.40 Å². The van der Waals surface area contributed by atoms with E-state index in [1.54, 1.807) is 11.3 Å². The van der Waals surface area contributed by atoms with Gasteiger partial charge in [-0.05, 0) is 58.2 Å². The normalized spacial score (nSPS) is 18.9. The van der Waals surface area contributed by atoms with Crippen LogP contribution in [-0.2, 0) is 6.42 Å². The van der Waals surface area contributed by atoms with Gasteiger partial charge in [0.15, 0.2) is 15.4 Å². The maximum absolute atomic E-state index is 5.64. The monoisotopic (exact) mass is 390 g/mol. The van der Waals surface area contributed by atoms with E-state index in [0.29, 0.717) is 6.04 Å². The lowest BCUT2D eigenvalue weighted by Gasteiger charge is -2.19. The number of furan rings is 1. The Morgan fingerprint density at radius 1 is 1.50 bits per heavy atom. The summed E-state index contributed by atoms with van der Waals surface area (Å²) in [5, 5.41) is 4.30. The first kappa shape index (κ1) is 12.8. The zero-order valence-electron chi connectivity index (χ0n) is 9.80. The van der Waals surface area contributed by atoms with Crippen molar-refractivity contribution in [3.05, 3.63) is 25.8 Å². The molecule has 0 radical (unpaired) electrons. The fourth-order valence-electron chi connectivity index (χ4n) is 2.26. The second kappa shape index (κ2) is 5.07. The Kier molecular flexibility index (Phi) is 3.62. The van der Waals surface area contributed by atoms with Crippen molar-refractivity contribution in [1.29, 1.82) is 0 Å². The van der Waals surface area contributed by atoms with Crippen LogP contribution in [0.2, 0.25) is 0 Å². The summed E-state index contributed by atoms with van der Waals surface area (Å²) in [5.41, 5.74) is 1.20. The first-order chi connectivity index (χ1) is 8.69. The second-order valence-electron chi connectivity index (χ2n) is 4.29. The van der Waals surface area contributed by atoms with Gasteiger partial charge in [0, 0.05) is 10.9 Å². The molecule has 0 fully saturated rings. The molecule has 18 heavy (non-hydrogen) atoms. The summed E-state index contributed by atoms with van der Waals surface area (Å²) >= 11 is 8.54. The summed E-state index contributed by atoms with van der Waals surface area (Å²) in [4.78, 5) is 6.14. The van der Waals surface area contributed by atoms with Gasteiger partial charge in [0.1, 0.15) is 0 Å². The van der Waals surface area contributed by atoms with Gasteiger partial charge in [-0.15, -0.1) is 11.3 Å². The predicted molar refractivity (Wildman–Crippen MR) is 80.0 cm³/mol. The summed E-state index contributed by atoms with van der Waals surface area (Å²) < 4.78 is 7.29. The number of hydrogen-bond donors (Lipinski definition) is 1. The van der Waals surface area contributed by atoms with Crippen LogP contribution in [0.4, 0.5) is 0 Å². The number of aromatic nitrogens is 1. The van der Waals surface area contributed by atoms with Crippen LogP contribution >= 0.6 is 43.2 Å². The number of halogens is 2.